The van der Waals surface area contributed by atoms with Gasteiger partial charge in [0, 0.05) is 13.0 Å². The molecular weight excluding hydrogens is 252 g/mol. The molecule has 0 aliphatic heterocycles. The molecule has 0 spiro atoms. The molecule has 2 aromatic carbocycles. The molecule has 0 saturated carbocycles. The molecule has 2 N–H and O–H groups in total. The smallest absolute Gasteiger partial charge is 0.0982 e. The fourth-order valence-electron chi connectivity index (χ4n) is 2.24. The van der Waals surface area contributed by atoms with Gasteiger partial charge in [0.25, 0.3) is 0 Å². The zero-order valence-corrected chi connectivity index (χ0v) is 11.7. The highest BCUT2D eigenvalue weighted by Gasteiger charge is 2.06. The minimum Gasteiger partial charge on any atom is -0.326 e. The SMILES string of the molecule is Cc1cc(CN)ccc1Cc1nc2ccccc2s1. The van der Waals surface area contributed by atoms with Crippen LogP contribution in [0.3, 0.4) is 0 Å². The van der Waals surface area contributed by atoms with E-state index in [2.05, 4.69) is 48.3 Å². The average Bonchev–Trinajstić information content (AvgIpc) is 2.83. The summed E-state index contributed by atoms with van der Waals surface area (Å²) in [5, 5.41) is 1.17. The molecule has 96 valence electrons. The monoisotopic (exact) mass is 268 g/mol. The number of para-hydroxylation sites is 1. The van der Waals surface area contributed by atoms with Crippen LogP contribution in [0.1, 0.15) is 21.7 Å². The van der Waals surface area contributed by atoms with E-state index in [9.17, 15) is 0 Å². The third-order valence-electron chi connectivity index (χ3n) is 3.32. The van der Waals surface area contributed by atoms with Crippen molar-refractivity contribution in [2.24, 2.45) is 5.73 Å². The van der Waals surface area contributed by atoms with Crippen molar-refractivity contribution in [2.75, 3.05) is 0 Å². The van der Waals surface area contributed by atoms with Gasteiger partial charge in [0.15, 0.2) is 0 Å². The fraction of sp³-hybridized carbons (Fsp3) is 0.188. The maximum Gasteiger partial charge on any atom is 0.0982 e. The summed E-state index contributed by atoms with van der Waals surface area (Å²) in [5.74, 6) is 0. The number of thiazole rings is 1. The van der Waals surface area contributed by atoms with E-state index in [0.717, 1.165) is 11.9 Å². The quantitative estimate of drug-likeness (QED) is 0.787. The molecule has 0 bridgehead atoms. The molecule has 1 aromatic heterocycles. The Kier molecular flexibility index (Phi) is 3.32. The zero-order valence-electron chi connectivity index (χ0n) is 10.9. The van der Waals surface area contributed by atoms with E-state index in [4.69, 9.17) is 5.73 Å². The second-order valence-corrected chi connectivity index (χ2v) is 5.83. The van der Waals surface area contributed by atoms with E-state index in [1.807, 2.05) is 6.07 Å². The average molecular weight is 268 g/mol. The van der Waals surface area contributed by atoms with Crippen LogP contribution in [0.25, 0.3) is 10.2 Å². The highest BCUT2D eigenvalue weighted by Crippen LogP contribution is 2.24. The summed E-state index contributed by atoms with van der Waals surface area (Å²) in [5.41, 5.74) is 10.6. The molecule has 0 amide bonds. The van der Waals surface area contributed by atoms with Crippen molar-refractivity contribution in [1.82, 2.24) is 4.98 Å². The predicted octanol–water partition coefficient (Wildman–Crippen LogP) is 3.65. The highest BCUT2D eigenvalue weighted by molar-refractivity contribution is 7.18. The standard InChI is InChI=1S/C16H16N2S/c1-11-8-12(10-17)6-7-13(11)9-16-18-14-4-2-3-5-15(14)19-16/h2-8H,9-10,17H2,1H3. The number of hydrogen-bond donors (Lipinski definition) is 1. The Hall–Kier alpha value is -1.71. The van der Waals surface area contributed by atoms with E-state index in [-0.39, 0.29) is 0 Å². The minimum atomic E-state index is 0.599. The molecule has 0 atom stereocenters. The van der Waals surface area contributed by atoms with Crippen LogP contribution in [-0.4, -0.2) is 4.98 Å². The van der Waals surface area contributed by atoms with E-state index in [1.165, 1.54) is 26.4 Å². The molecule has 3 heteroatoms. The van der Waals surface area contributed by atoms with Crippen LogP contribution >= 0.6 is 11.3 Å². The van der Waals surface area contributed by atoms with Gasteiger partial charge in [-0.2, -0.15) is 0 Å². The Balaban J connectivity index is 1.92. The number of aryl methyl sites for hydroxylation is 1. The summed E-state index contributed by atoms with van der Waals surface area (Å²) in [6.07, 6.45) is 0.899. The maximum atomic E-state index is 5.66. The van der Waals surface area contributed by atoms with Gasteiger partial charge in [-0.25, -0.2) is 4.98 Å². The van der Waals surface area contributed by atoms with Crippen LogP contribution < -0.4 is 5.73 Å². The molecule has 3 aromatic rings. The lowest BCUT2D eigenvalue weighted by molar-refractivity contribution is 1.05. The Bertz CT molecular complexity index is 683. The molecule has 0 fully saturated rings. The van der Waals surface area contributed by atoms with Crippen molar-refractivity contribution >= 4 is 21.6 Å². The predicted molar refractivity (Wildman–Crippen MR) is 81.5 cm³/mol. The van der Waals surface area contributed by atoms with Crippen LogP contribution in [-0.2, 0) is 13.0 Å². The number of benzene rings is 2. The molecule has 0 aliphatic carbocycles. The summed E-state index contributed by atoms with van der Waals surface area (Å²) < 4.78 is 1.26. The number of nitrogens with zero attached hydrogens (tertiary/aromatic N) is 1. The van der Waals surface area contributed by atoms with E-state index < -0.39 is 0 Å². The number of rotatable bonds is 3. The molecule has 0 radical (unpaired) electrons. The molecule has 1 heterocycles. The maximum absolute atomic E-state index is 5.66. The molecule has 0 unspecified atom stereocenters. The molecule has 2 nitrogen and oxygen atoms in total. The second-order valence-electron chi connectivity index (χ2n) is 4.72. The molecule has 0 aliphatic rings. The molecular formula is C16H16N2S. The van der Waals surface area contributed by atoms with Crippen LogP contribution in [0.15, 0.2) is 42.5 Å². The first-order valence-electron chi connectivity index (χ1n) is 6.39. The first kappa shape index (κ1) is 12.3. The number of aromatic nitrogens is 1. The topological polar surface area (TPSA) is 38.9 Å². The second kappa shape index (κ2) is 5.11. The Morgan fingerprint density at radius 2 is 2.00 bits per heavy atom. The molecule has 19 heavy (non-hydrogen) atoms. The summed E-state index contributed by atoms with van der Waals surface area (Å²) in [6, 6.07) is 14.7. The third kappa shape index (κ3) is 2.53. The van der Waals surface area contributed by atoms with Gasteiger partial charge in [0.2, 0.25) is 0 Å². The lowest BCUT2D eigenvalue weighted by atomic mass is 10.0. The van der Waals surface area contributed by atoms with Crippen molar-refractivity contribution < 1.29 is 0 Å². The summed E-state index contributed by atoms with van der Waals surface area (Å²) >= 11 is 1.77. The van der Waals surface area contributed by atoms with Crippen LogP contribution in [0.4, 0.5) is 0 Å². The van der Waals surface area contributed by atoms with Crippen molar-refractivity contribution in [2.45, 2.75) is 19.9 Å². The third-order valence-corrected chi connectivity index (χ3v) is 4.36. The molecule has 0 saturated heterocycles. The first-order chi connectivity index (χ1) is 9.26. The Labute approximate surface area is 116 Å². The van der Waals surface area contributed by atoms with Crippen LogP contribution in [0.5, 0.6) is 0 Å². The lowest BCUT2D eigenvalue weighted by Crippen LogP contribution is -1.98. The summed E-state index contributed by atoms with van der Waals surface area (Å²) in [7, 11) is 0. The number of hydrogen-bond acceptors (Lipinski definition) is 3. The van der Waals surface area contributed by atoms with Gasteiger partial charge in [-0.1, -0.05) is 30.3 Å². The first-order valence-corrected chi connectivity index (χ1v) is 7.21. The Morgan fingerprint density at radius 3 is 2.74 bits per heavy atom. The zero-order chi connectivity index (χ0) is 13.2. The van der Waals surface area contributed by atoms with Crippen LogP contribution in [0.2, 0.25) is 0 Å². The normalized spacial score (nSPS) is 11.1. The van der Waals surface area contributed by atoms with Gasteiger partial charge in [0.1, 0.15) is 0 Å². The van der Waals surface area contributed by atoms with Crippen molar-refractivity contribution in [3.63, 3.8) is 0 Å². The van der Waals surface area contributed by atoms with Crippen molar-refractivity contribution in [3.8, 4) is 0 Å². The largest absolute Gasteiger partial charge is 0.326 e. The van der Waals surface area contributed by atoms with Crippen molar-refractivity contribution in [1.29, 1.82) is 0 Å². The van der Waals surface area contributed by atoms with Gasteiger partial charge in [-0.05, 0) is 35.7 Å². The highest BCUT2D eigenvalue weighted by atomic mass is 32.1. The summed E-state index contributed by atoms with van der Waals surface area (Å²) in [6.45, 7) is 2.74. The number of nitrogens with two attached hydrogens (primary N) is 1. The van der Waals surface area contributed by atoms with Gasteiger partial charge in [0.05, 0.1) is 15.2 Å². The van der Waals surface area contributed by atoms with Gasteiger partial charge >= 0.3 is 0 Å². The van der Waals surface area contributed by atoms with Gasteiger partial charge in [-0.3, -0.25) is 0 Å². The summed E-state index contributed by atoms with van der Waals surface area (Å²) in [4.78, 5) is 4.69. The fourth-order valence-corrected chi connectivity index (χ4v) is 3.23. The number of fused-ring (bicyclic) bond motifs is 1. The van der Waals surface area contributed by atoms with E-state index >= 15 is 0 Å². The Morgan fingerprint density at radius 1 is 1.16 bits per heavy atom. The van der Waals surface area contributed by atoms with Gasteiger partial charge in [-0.15, -0.1) is 11.3 Å². The molecule has 3 rings (SSSR count). The van der Waals surface area contributed by atoms with Gasteiger partial charge < -0.3 is 5.73 Å². The van der Waals surface area contributed by atoms with Crippen LogP contribution in [0, 0.1) is 6.92 Å². The lowest BCUT2D eigenvalue weighted by Gasteiger charge is -2.05. The minimum absolute atomic E-state index is 0.599. The van der Waals surface area contributed by atoms with E-state index in [0.29, 0.717) is 6.54 Å². The van der Waals surface area contributed by atoms with E-state index in [1.54, 1.807) is 11.3 Å². The van der Waals surface area contributed by atoms with Crippen molar-refractivity contribution in [3.05, 3.63) is 64.2 Å².